The molecule has 152 valence electrons. The van der Waals surface area contributed by atoms with Gasteiger partial charge in [-0.1, -0.05) is 12.1 Å². The Morgan fingerprint density at radius 3 is 2.53 bits per heavy atom. The zero-order valence-corrected chi connectivity index (χ0v) is 15.2. The topological polar surface area (TPSA) is 67.0 Å². The molecule has 0 saturated carbocycles. The van der Waals surface area contributed by atoms with Crippen LogP contribution < -0.4 is 10.1 Å². The molecule has 9 heteroatoms. The van der Waals surface area contributed by atoms with E-state index in [-0.39, 0.29) is 17.1 Å². The number of halogens is 4. The number of rotatable bonds is 5. The molecule has 0 fully saturated rings. The average molecular weight is 415 g/mol. The standard InChI is InChI=1S/C21H13F4N3O2/c22-15-4-2-1-3-12(15)21(29)26-20-13-9-11(5-8-18(13)27-28-20)30-10-14-16(23)6-7-17(24)19(14)25/h1-9H,10H2,(H2,26,27,28,29). The normalized spacial score (nSPS) is 10.9. The maximum Gasteiger partial charge on any atom is 0.259 e. The molecule has 30 heavy (non-hydrogen) atoms. The molecule has 0 unspecified atom stereocenters. The van der Waals surface area contributed by atoms with Gasteiger partial charge in [0.1, 0.15) is 24.0 Å². The molecule has 0 saturated heterocycles. The Morgan fingerprint density at radius 2 is 1.73 bits per heavy atom. The Hall–Kier alpha value is -3.88. The number of carbonyl (C=O) groups excluding carboxylic acids is 1. The van der Waals surface area contributed by atoms with Gasteiger partial charge in [0.15, 0.2) is 17.5 Å². The molecular weight excluding hydrogens is 402 g/mol. The Balaban J connectivity index is 1.57. The number of ether oxygens (including phenoxy) is 1. The fourth-order valence-corrected chi connectivity index (χ4v) is 2.86. The summed E-state index contributed by atoms with van der Waals surface area (Å²) in [5.41, 5.74) is -0.164. The smallest absolute Gasteiger partial charge is 0.259 e. The van der Waals surface area contributed by atoms with Crippen molar-refractivity contribution in [3.05, 3.63) is 89.0 Å². The maximum absolute atomic E-state index is 13.8. The lowest BCUT2D eigenvalue weighted by Crippen LogP contribution is -2.14. The van der Waals surface area contributed by atoms with Gasteiger partial charge in [-0.15, -0.1) is 0 Å². The number of aromatic nitrogens is 2. The highest BCUT2D eigenvalue weighted by atomic mass is 19.2. The van der Waals surface area contributed by atoms with E-state index in [9.17, 15) is 22.4 Å². The largest absolute Gasteiger partial charge is 0.489 e. The van der Waals surface area contributed by atoms with Crippen molar-refractivity contribution in [3.8, 4) is 5.75 Å². The maximum atomic E-state index is 13.8. The number of fused-ring (bicyclic) bond motifs is 1. The molecule has 0 spiro atoms. The lowest BCUT2D eigenvalue weighted by Gasteiger charge is -2.09. The zero-order chi connectivity index (χ0) is 21.3. The van der Waals surface area contributed by atoms with Gasteiger partial charge in [-0.25, -0.2) is 17.6 Å². The zero-order valence-electron chi connectivity index (χ0n) is 15.2. The van der Waals surface area contributed by atoms with Crippen LogP contribution in [0.25, 0.3) is 10.9 Å². The minimum Gasteiger partial charge on any atom is -0.489 e. The molecule has 2 N–H and O–H groups in total. The van der Waals surface area contributed by atoms with E-state index in [0.29, 0.717) is 17.0 Å². The highest BCUT2D eigenvalue weighted by Crippen LogP contribution is 2.27. The second kappa shape index (κ2) is 7.86. The molecule has 5 nitrogen and oxygen atoms in total. The van der Waals surface area contributed by atoms with E-state index in [1.54, 1.807) is 6.07 Å². The number of benzene rings is 3. The van der Waals surface area contributed by atoms with Crippen LogP contribution in [0.5, 0.6) is 5.75 Å². The summed E-state index contributed by atoms with van der Waals surface area (Å²) in [6.45, 7) is -0.546. The second-order valence-electron chi connectivity index (χ2n) is 6.32. The van der Waals surface area contributed by atoms with Crippen molar-refractivity contribution in [2.45, 2.75) is 6.61 Å². The van der Waals surface area contributed by atoms with Crippen LogP contribution in [0.4, 0.5) is 23.4 Å². The minimum absolute atomic E-state index is 0.117. The van der Waals surface area contributed by atoms with Crippen molar-refractivity contribution >= 4 is 22.6 Å². The summed E-state index contributed by atoms with van der Waals surface area (Å²) in [4.78, 5) is 12.3. The Kier molecular flexibility index (Phi) is 5.09. The number of anilines is 1. The van der Waals surface area contributed by atoms with Crippen molar-refractivity contribution < 1.29 is 27.1 Å². The second-order valence-corrected chi connectivity index (χ2v) is 6.32. The fourth-order valence-electron chi connectivity index (χ4n) is 2.86. The molecule has 0 aliphatic heterocycles. The van der Waals surface area contributed by atoms with Crippen LogP contribution in [0.2, 0.25) is 0 Å². The lowest BCUT2D eigenvalue weighted by atomic mass is 10.2. The number of H-pyrrole nitrogens is 1. The molecule has 0 radical (unpaired) electrons. The Labute approximate surface area is 167 Å². The first-order chi connectivity index (χ1) is 14.4. The molecule has 4 rings (SSSR count). The van der Waals surface area contributed by atoms with Gasteiger partial charge in [-0.05, 0) is 42.5 Å². The molecule has 4 aromatic rings. The molecule has 0 aliphatic carbocycles. The minimum atomic E-state index is -1.32. The van der Waals surface area contributed by atoms with Gasteiger partial charge in [0, 0.05) is 5.39 Å². The molecule has 1 heterocycles. The number of carbonyl (C=O) groups is 1. The van der Waals surface area contributed by atoms with E-state index in [2.05, 4.69) is 15.5 Å². The lowest BCUT2D eigenvalue weighted by molar-refractivity contribution is 0.102. The molecule has 0 atom stereocenters. The van der Waals surface area contributed by atoms with Crippen molar-refractivity contribution in [2.24, 2.45) is 0 Å². The van der Waals surface area contributed by atoms with E-state index in [1.165, 1.54) is 30.3 Å². The van der Waals surface area contributed by atoms with Gasteiger partial charge in [-0.2, -0.15) is 5.10 Å². The summed E-state index contributed by atoms with van der Waals surface area (Å²) in [6, 6.07) is 11.5. The first-order valence-electron chi connectivity index (χ1n) is 8.73. The van der Waals surface area contributed by atoms with Crippen LogP contribution in [-0.4, -0.2) is 16.1 Å². The van der Waals surface area contributed by atoms with Crippen LogP contribution in [0, 0.1) is 23.3 Å². The number of nitrogens with zero attached hydrogens (tertiary/aromatic N) is 1. The van der Waals surface area contributed by atoms with E-state index in [0.717, 1.165) is 12.1 Å². The SMILES string of the molecule is O=C(Nc1n[nH]c2ccc(OCc3c(F)ccc(F)c3F)cc12)c1ccccc1F. The molecule has 0 aliphatic rings. The van der Waals surface area contributed by atoms with Gasteiger partial charge in [0.05, 0.1) is 16.6 Å². The summed E-state index contributed by atoms with van der Waals surface area (Å²) >= 11 is 0. The predicted octanol–water partition coefficient (Wildman–Crippen LogP) is 4.95. The Bertz CT molecular complexity index is 1260. The third kappa shape index (κ3) is 3.69. The van der Waals surface area contributed by atoms with Gasteiger partial charge in [0.25, 0.3) is 5.91 Å². The van der Waals surface area contributed by atoms with Crippen molar-refractivity contribution in [1.82, 2.24) is 10.2 Å². The molecule has 3 aromatic carbocycles. The highest BCUT2D eigenvalue weighted by molar-refractivity contribution is 6.08. The molecule has 1 aromatic heterocycles. The Morgan fingerprint density at radius 1 is 0.967 bits per heavy atom. The quantitative estimate of drug-likeness (QED) is 0.358. The van der Waals surface area contributed by atoms with Gasteiger partial charge < -0.3 is 10.1 Å². The van der Waals surface area contributed by atoms with Crippen LogP contribution in [-0.2, 0) is 6.61 Å². The fraction of sp³-hybridized carbons (Fsp3) is 0.0476. The van der Waals surface area contributed by atoms with Gasteiger partial charge in [-0.3, -0.25) is 9.89 Å². The summed E-state index contributed by atoms with van der Waals surface area (Å²) in [6.07, 6.45) is 0. The van der Waals surface area contributed by atoms with Crippen molar-refractivity contribution in [2.75, 3.05) is 5.32 Å². The predicted molar refractivity (Wildman–Crippen MR) is 101 cm³/mol. The van der Waals surface area contributed by atoms with E-state index in [1.807, 2.05) is 0 Å². The number of amides is 1. The first kappa shape index (κ1) is 19.4. The van der Waals surface area contributed by atoms with E-state index in [4.69, 9.17) is 4.74 Å². The van der Waals surface area contributed by atoms with Crippen LogP contribution >= 0.6 is 0 Å². The number of nitrogens with one attached hydrogen (secondary N) is 2. The number of aromatic amines is 1. The highest BCUT2D eigenvalue weighted by Gasteiger charge is 2.17. The monoisotopic (exact) mass is 415 g/mol. The van der Waals surface area contributed by atoms with Gasteiger partial charge in [0.2, 0.25) is 0 Å². The van der Waals surface area contributed by atoms with Crippen LogP contribution in [0.15, 0.2) is 54.6 Å². The average Bonchev–Trinajstić information content (AvgIpc) is 3.13. The number of hydrogen-bond donors (Lipinski definition) is 2. The third-order valence-electron chi connectivity index (χ3n) is 4.41. The van der Waals surface area contributed by atoms with Crippen LogP contribution in [0.3, 0.4) is 0 Å². The third-order valence-corrected chi connectivity index (χ3v) is 4.41. The van der Waals surface area contributed by atoms with Crippen molar-refractivity contribution in [3.63, 3.8) is 0 Å². The van der Waals surface area contributed by atoms with Crippen LogP contribution in [0.1, 0.15) is 15.9 Å². The summed E-state index contributed by atoms with van der Waals surface area (Å²) < 4.78 is 60.1. The summed E-state index contributed by atoms with van der Waals surface area (Å²) in [5.74, 6) is -4.50. The summed E-state index contributed by atoms with van der Waals surface area (Å²) in [5, 5.41) is 9.62. The first-order valence-corrected chi connectivity index (χ1v) is 8.73. The molecule has 1 amide bonds. The van der Waals surface area contributed by atoms with E-state index < -0.39 is 41.3 Å². The molecule has 0 bridgehead atoms. The van der Waals surface area contributed by atoms with Gasteiger partial charge >= 0.3 is 0 Å². The van der Waals surface area contributed by atoms with E-state index >= 15 is 0 Å². The number of hydrogen-bond acceptors (Lipinski definition) is 3. The summed E-state index contributed by atoms with van der Waals surface area (Å²) in [7, 11) is 0. The van der Waals surface area contributed by atoms with Crippen molar-refractivity contribution in [1.29, 1.82) is 0 Å². The molecular formula is C21H13F4N3O2.